The number of ketones is 1. The summed E-state index contributed by atoms with van der Waals surface area (Å²) in [5.41, 5.74) is 0.894. The number of rotatable bonds is 11. The quantitative estimate of drug-likeness (QED) is 0.234. The van der Waals surface area contributed by atoms with Crippen molar-refractivity contribution < 1.29 is 38.4 Å². The van der Waals surface area contributed by atoms with E-state index in [1.165, 1.54) is 28.4 Å². The number of nitrogens with one attached hydrogen (secondary N) is 2. The van der Waals surface area contributed by atoms with Crippen molar-refractivity contribution in [2.75, 3.05) is 28.4 Å². The number of hydrogen-bond acceptors (Lipinski definition) is 7. The maximum atomic E-state index is 13.6. The van der Waals surface area contributed by atoms with Crippen LogP contribution in [0.3, 0.4) is 0 Å². The molecule has 10 nitrogen and oxygen atoms in total. The first kappa shape index (κ1) is 27.8. The van der Waals surface area contributed by atoms with E-state index >= 15 is 0 Å². The van der Waals surface area contributed by atoms with Gasteiger partial charge in [-0.3, -0.25) is 9.59 Å². The standard InChI is InChI=1S/C30H28N2O8/c1-37-20-10-5-17(6-11-20)24-25(29(34)31-16-19-9-14-22(39-3)15-23(19)40-4)27(30(35)36)32-26(24)28(33)18-7-12-21(38-2)13-8-18/h5-15,32H,16H2,1-4H3,(H,31,34)(H,35,36). The van der Waals surface area contributed by atoms with E-state index in [0.717, 1.165) is 0 Å². The van der Waals surface area contributed by atoms with Gasteiger partial charge in [-0.15, -0.1) is 0 Å². The number of carbonyl (C=O) groups is 3. The number of carbonyl (C=O) groups excluding carboxylic acids is 2. The average molecular weight is 545 g/mol. The van der Waals surface area contributed by atoms with Gasteiger partial charge in [-0.25, -0.2) is 4.79 Å². The van der Waals surface area contributed by atoms with E-state index in [1.54, 1.807) is 66.7 Å². The lowest BCUT2D eigenvalue weighted by atomic mass is 9.95. The lowest BCUT2D eigenvalue weighted by Gasteiger charge is -2.13. The third-order valence-corrected chi connectivity index (χ3v) is 6.33. The lowest BCUT2D eigenvalue weighted by molar-refractivity contribution is 0.0685. The first-order valence-electron chi connectivity index (χ1n) is 12.1. The van der Waals surface area contributed by atoms with Crippen molar-refractivity contribution in [2.45, 2.75) is 6.54 Å². The van der Waals surface area contributed by atoms with Gasteiger partial charge in [0, 0.05) is 29.3 Å². The topological polar surface area (TPSA) is 136 Å². The zero-order valence-corrected chi connectivity index (χ0v) is 22.4. The molecule has 0 fully saturated rings. The van der Waals surface area contributed by atoms with Gasteiger partial charge >= 0.3 is 5.97 Å². The maximum Gasteiger partial charge on any atom is 0.353 e. The fourth-order valence-corrected chi connectivity index (χ4v) is 4.25. The largest absolute Gasteiger partial charge is 0.497 e. The number of carboxylic acid groups (broad SMARTS) is 1. The first-order valence-corrected chi connectivity index (χ1v) is 12.1. The summed E-state index contributed by atoms with van der Waals surface area (Å²) in [6, 6.07) is 18.1. The second-order valence-electron chi connectivity index (χ2n) is 8.58. The summed E-state index contributed by atoms with van der Waals surface area (Å²) in [6.45, 7) is 0.0278. The normalized spacial score (nSPS) is 10.5. The van der Waals surface area contributed by atoms with Crippen molar-refractivity contribution in [2.24, 2.45) is 0 Å². The highest BCUT2D eigenvalue weighted by atomic mass is 16.5. The number of aromatic amines is 1. The summed E-state index contributed by atoms with van der Waals surface area (Å²) in [5.74, 6) is -0.405. The summed E-state index contributed by atoms with van der Waals surface area (Å²) in [6.07, 6.45) is 0. The predicted molar refractivity (Wildman–Crippen MR) is 147 cm³/mol. The van der Waals surface area contributed by atoms with Gasteiger partial charge in [0.25, 0.3) is 5.91 Å². The molecule has 206 valence electrons. The Bertz CT molecular complexity index is 1540. The van der Waals surface area contributed by atoms with E-state index in [-0.39, 0.29) is 28.9 Å². The Morgan fingerprint density at radius 3 is 1.88 bits per heavy atom. The molecule has 0 spiro atoms. The van der Waals surface area contributed by atoms with Crippen LogP contribution in [0.25, 0.3) is 11.1 Å². The highest BCUT2D eigenvalue weighted by Gasteiger charge is 2.31. The summed E-state index contributed by atoms with van der Waals surface area (Å²) in [4.78, 5) is 42.3. The van der Waals surface area contributed by atoms with Crippen LogP contribution in [0.5, 0.6) is 23.0 Å². The van der Waals surface area contributed by atoms with Crippen LogP contribution in [0.2, 0.25) is 0 Å². The van der Waals surface area contributed by atoms with E-state index in [2.05, 4.69) is 10.3 Å². The Morgan fingerprint density at radius 1 is 0.750 bits per heavy atom. The molecular formula is C30H28N2O8. The Balaban J connectivity index is 1.81. The number of aromatic nitrogens is 1. The van der Waals surface area contributed by atoms with Crippen molar-refractivity contribution in [3.8, 4) is 34.1 Å². The maximum absolute atomic E-state index is 13.6. The Hall–Kier alpha value is -5.25. The Morgan fingerprint density at radius 2 is 1.32 bits per heavy atom. The Kier molecular flexibility index (Phi) is 8.39. The number of amides is 1. The molecule has 0 unspecified atom stereocenters. The SMILES string of the molecule is COc1ccc(C(=O)c2[nH]c(C(=O)O)c(C(=O)NCc3ccc(OC)cc3OC)c2-c2ccc(OC)cc2)cc1. The summed E-state index contributed by atoms with van der Waals surface area (Å²) in [7, 11) is 6.04. The number of carboxylic acids is 1. The van der Waals surface area contributed by atoms with Crippen LogP contribution in [-0.4, -0.2) is 56.2 Å². The molecule has 40 heavy (non-hydrogen) atoms. The van der Waals surface area contributed by atoms with E-state index in [9.17, 15) is 19.5 Å². The molecule has 0 radical (unpaired) electrons. The van der Waals surface area contributed by atoms with Crippen molar-refractivity contribution in [1.82, 2.24) is 10.3 Å². The van der Waals surface area contributed by atoms with Crippen LogP contribution in [-0.2, 0) is 6.54 Å². The third kappa shape index (κ3) is 5.60. The van der Waals surface area contributed by atoms with Crippen LogP contribution < -0.4 is 24.3 Å². The predicted octanol–water partition coefficient (Wildman–Crippen LogP) is 4.58. The fourth-order valence-electron chi connectivity index (χ4n) is 4.25. The number of hydrogen-bond donors (Lipinski definition) is 3. The molecule has 10 heteroatoms. The molecule has 0 aliphatic rings. The summed E-state index contributed by atoms with van der Waals surface area (Å²) < 4.78 is 21.0. The third-order valence-electron chi connectivity index (χ3n) is 6.33. The molecule has 0 bridgehead atoms. The molecular weight excluding hydrogens is 516 g/mol. The number of methoxy groups -OCH3 is 4. The van der Waals surface area contributed by atoms with Crippen molar-refractivity contribution in [3.63, 3.8) is 0 Å². The number of ether oxygens (including phenoxy) is 4. The minimum Gasteiger partial charge on any atom is -0.497 e. The molecule has 4 rings (SSSR count). The van der Waals surface area contributed by atoms with Gasteiger partial charge < -0.3 is 34.4 Å². The molecule has 3 aromatic carbocycles. The van der Waals surface area contributed by atoms with Gasteiger partial charge in [0.2, 0.25) is 5.78 Å². The average Bonchev–Trinajstić information content (AvgIpc) is 3.40. The van der Waals surface area contributed by atoms with E-state index in [0.29, 0.717) is 34.1 Å². The van der Waals surface area contributed by atoms with Gasteiger partial charge in [-0.05, 0) is 54.1 Å². The van der Waals surface area contributed by atoms with Gasteiger partial charge in [-0.1, -0.05) is 12.1 Å². The van der Waals surface area contributed by atoms with Crippen LogP contribution in [0, 0.1) is 0 Å². The minimum atomic E-state index is -1.39. The molecule has 1 amide bonds. The molecule has 3 N–H and O–H groups in total. The highest BCUT2D eigenvalue weighted by molar-refractivity contribution is 6.18. The van der Waals surface area contributed by atoms with Gasteiger partial charge in [0.05, 0.1) is 39.7 Å². The summed E-state index contributed by atoms with van der Waals surface area (Å²) in [5, 5.41) is 12.8. The first-order chi connectivity index (χ1) is 19.3. The lowest BCUT2D eigenvalue weighted by Crippen LogP contribution is -2.25. The van der Waals surface area contributed by atoms with Gasteiger partial charge in [0.15, 0.2) is 0 Å². The zero-order chi connectivity index (χ0) is 28.8. The van der Waals surface area contributed by atoms with Crippen molar-refractivity contribution in [3.05, 3.63) is 94.8 Å². The van der Waals surface area contributed by atoms with Crippen molar-refractivity contribution in [1.29, 1.82) is 0 Å². The fraction of sp³-hybridized carbons (Fsp3) is 0.167. The molecule has 0 saturated carbocycles. The second kappa shape index (κ2) is 12.1. The van der Waals surface area contributed by atoms with Gasteiger partial charge in [0.1, 0.15) is 28.7 Å². The zero-order valence-electron chi connectivity index (χ0n) is 22.4. The van der Waals surface area contributed by atoms with E-state index in [1.807, 2.05) is 0 Å². The molecule has 0 aliphatic heterocycles. The molecule has 0 atom stereocenters. The summed E-state index contributed by atoms with van der Waals surface area (Å²) >= 11 is 0. The molecule has 4 aromatic rings. The molecule has 0 saturated heterocycles. The minimum absolute atomic E-state index is 0.0278. The van der Waals surface area contributed by atoms with Crippen LogP contribution in [0.1, 0.15) is 42.5 Å². The monoisotopic (exact) mass is 544 g/mol. The molecule has 1 heterocycles. The number of benzene rings is 3. The highest BCUT2D eigenvalue weighted by Crippen LogP contribution is 2.34. The smallest absolute Gasteiger partial charge is 0.353 e. The Labute approximate surface area is 230 Å². The van der Waals surface area contributed by atoms with Crippen LogP contribution >= 0.6 is 0 Å². The van der Waals surface area contributed by atoms with E-state index < -0.39 is 23.4 Å². The number of H-pyrrole nitrogens is 1. The molecule has 1 aromatic heterocycles. The van der Waals surface area contributed by atoms with Crippen LogP contribution in [0.15, 0.2) is 66.7 Å². The molecule has 0 aliphatic carbocycles. The van der Waals surface area contributed by atoms with Crippen LogP contribution in [0.4, 0.5) is 0 Å². The van der Waals surface area contributed by atoms with E-state index in [4.69, 9.17) is 18.9 Å². The number of aromatic carboxylic acids is 1. The van der Waals surface area contributed by atoms with Gasteiger partial charge in [-0.2, -0.15) is 0 Å². The van der Waals surface area contributed by atoms with Crippen molar-refractivity contribution >= 4 is 17.7 Å². The second-order valence-corrected chi connectivity index (χ2v) is 8.58.